The van der Waals surface area contributed by atoms with Crippen LogP contribution >= 0.6 is 0 Å². The number of rotatable bonds is 9. The molecule has 0 unspecified atom stereocenters. The van der Waals surface area contributed by atoms with Crippen molar-refractivity contribution < 1.29 is 23.7 Å². The molecule has 0 aliphatic rings. The molecule has 0 saturated heterocycles. The maximum Gasteiger partial charge on any atom is 0.251 e. The molecular formula is C24H25NO5. The largest absolute Gasteiger partial charge is 0.493 e. The van der Waals surface area contributed by atoms with E-state index in [2.05, 4.69) is 5.32 Å². The molecule has 0 bridgehead atoms. The van der Waals surface area contributed by atoms with Crippen LogP contribution in [0, 0.1) is 0 Å². The second kappa shape index (κ2) is 10.2. The summed E-state index contributed by atoms with van der Waals surface area (Å²) < 4.78 is 21.8. The first-order valence-corrected chi connectivity index (χ1v) is 9.48. The van der Waals surface area contributed by atoms with Crippen LogP contribution < -0.4 is 24.3 Å². The van der Waals surface area contributed by atoms with Gasteiger partial charge in [0.15, 0.2) is 11.5 Å². The van der Waals surface area contributed by atoms with Crippen LogP contribution in [0.2, 0.25) is 0 Å². The molecule has 0 radical (unpaired) electrons. The van der Waals surface area contributed by atoms with Crippen molar-refractivity contribution in [3.63, 3.8) is 0 Å². The highest BCUT2D eigenvalue weighted by atomic mass is 16.5. The van der Waals surface area contributed by atoms with Crippen molar-refractivity contribution in [1.29, 1.82) is 0 Å². The number of hydrogen-bond acceptors (Lipinski definition) is 5. The van der Waals surface area contributed by atoms with E-state index in [4.69, 9.17) is 18.9 Å². The fourth-order valence-corrected chi connectivity index (χ4v) is 2.97. The zero-order chi connectivity index (χ0) is 21.3. The standard InChI is InChI=1S/C24H25NO5/c1-27-21-13-18(14-22(28-2)23(21)29-3)15-25-24(26)19-9-11-20(12-10-19)30-16-17-7-5-4-6-8-17/h4-14H,15-16H2,1-3H3,(H,25,26). The molecule has 0 aliphatic heterocycles. The Morgan fingerprint density at radius 3 is 2.00 bits per heavy atom. The van der Waals surface area contributed by atoms with Gasteiger partial charge < -0.3 is 24.3 Å². The van der Waals surface area contributed by atoms with Crippen molar-refractivity contribution in [3.05, 3.63) is 83.4 Å². The monoisotopic (exact) mass is 407 g/mol. The van der Waals surface area contributed by atoms with Crippen LogP contribution in [-0.2, 0) is 13.2 Å². The summed E-state index contributed by atoms with van der Waals surface area (Å²) in [5.74, 6) is 2.13. The van der Waals surface area contributed by atoms with Gasteiger partial charge in [-0.25, -0.2) is 0 Å². The summed E-state index contributed by atoms with van der Waals surface area (Å²) in [5, 5.41) is 2.90. The smallest absolute Gasteiger partial charge is 0.251 e. The van der Waals surface area contributed by atoms with E-state index in [0.717, 1.165) is 11.1 Å². The zero-order valence-corrected chi connectivity index (χ0v) is 17.3. The van der Waals surface area contributed by atoms with Gasteiger partial charge in [-0.3, -0.25) is 4.79 Å². The second-order valence-electron chi connectivity index (χ2n) is 6.51. The lowest BCUT2D eigenvalue weighted by Crippen LogP contribution is -2.22. The number of nitrogens with one attached hydrogen (secondary N) is 1. The predicted octanol–water partition coefficient (Wildman–Crippen LogP) is 4.22. The van der Waals surface area contributed by atoms with E-state index in [-0.39, 0.29) is 5.91 Å². The maximum absolute atomic E-state index is 12.5. The Morgan fingerprint density at radius 1 is 0.800 bits per heavy atom. The molecule has 0 saturated carbocycles. The highest BCUT2D eigenvalue weighted by Gasteiger charge is 2.14. The Kier molecular flexibility index (Phi) is 7.16. The Labute approximate surface area is 176 Å². The van der Waals surface area contributed by atoms with Crippen molar-refractivity contribution in [1.82, 2.24) is 5.32 Å². The van der Waals surface area contributed by atoms with Crippen molar-refractivity contribution >= 4 is 5.91 Å². The maximum atomic E-state index is 12.5. The Bertz CT molecular complexity index is 946. The van der Waals surface area contributed by atoms with Crippen LogP contribution in [0.3, 0.4) is 0 Å². The minimum Gasteiger partial charge on any atom is -0.493 e. The summed E-state index contributed by atoms with van der Waals surface area (Å²) >= 11 is 0. The van der Waals surface area contributed by atoms with Gasteiger partial charge >= 0.3 is 0 Å². The molecule has 0 aliphatic carbocycles. The summed E-state index contributed by atoms with van der Waals surface area (Å²) in [6.07, 6.45) is 0. The van der Waals surface area contributed by atoms with Gasteiger partial charge in [0.1, 0.15) is 12.4 Å². The number of carbonyl (C=O) groups is 1. The number of hydrogen-bond donors (Lipinski definition) is 1. The number of benzene rings is 3. The van der Waals surface area contributed by atoms with Gasteiger partial charge in [-0.1, -0.05) is 30.3 Å². The summed E-state index contributed by atoms with van der Waals surface area (Å²) in [6, 6.07) is 20.6. The molecule has 0 fully saturated rings. The van der Waals surface area contributed by atoms with E-state index in [1.807, 2.05) is 42.5 Å². The average Bonchev–Trinajstić information content (AvgIpc) is 2.81. The zero-order valence-electron chi connectivity index (χ0n) is 17.3. The van der Waals surface area contributed by atoms with Gasteiger partial charge in [0.2, 0.25) is 5.75 Å². The molecule has 3 rings (SSSR count). The molecule has 30 heavy (non-hydrogen) atoms. The summed E-state index contributed by atoms with van der Waals surface area (Å²) in [6.45, 7) is 0.801. The van der Waals surface area contributed by atoms with E-state index in [1.165, 1.54) is 0 Å². The minimum absolute atomic E-state index is 0.182. The summed E-state index contributed by atoms with van der Waals surface area (Å²) in [4.78, 5) is 12.5. The van der Waals surface area contributed by atoms with Crippen molar-refractivity contribution in [2.75, 3.05) is 21.3 Å². The van der Waals surface area contributed by atoms with Crippen LogP contribution in [0.1, 0.15) is 21.5 Å². The number of amides is 1. The third-order valence-electron chi connectivity index (χ3n) is 4.54. The van der Waals surface area contributed by atoms with Crippen LogP contribution in [0.15, 0.2) is 66.7 Å². The highest BCUT2D eigenvalue weighted by Crippen LogP contribution is 2.38. The third-order valence-corrected chi connectivity index (χ3v) is 4.54. The second-order valence-corrected chi connectivity index (χ2v) is 6.51. The van der Waals surface area contributed by atoms with E-state index >= 15 is 0 Å². The van der Waals surface area contributed by atoms with Crippen LogP contribution in [0.25, 0.3) is 0 Å². The predicted molar refractivity (Wildman–Crippen MR) is 114 cm³/mol. The normalized spacial score (nSPS) is 10.2. The van der Waals surface area contributed by atoms with E-state index < -0.39 is 0 Å². The SMILES string of the molecule is COc1cc(CNC(=O)c2ccc(OCc3ccccc3)cc2)cc(OC)c1OC. The molecule has 3 aromatic carbocycles. The Morgan fingerprint density at radius 2 is 1.43 bits per heavy atom. The summed E-state index contributed by atoms with van der Waals surface area (Å²) in [5.41, 5.74) is 2.47. The molecular weight excluding hydrogens is 382 g/mol. The molecule has 6 heteroatoms. The summed E-state index contributed by atoms with van der Waals surface area (Å²) in [7, 11) is 4.66. The molecule has 156 valence electrons. The van der Waals surface area contributed by atoms with Gasteiger partial charge in [-0.2, -0.15) is 0 Å². The molecule has 1 N–H and O–H groups in total. The van der Waals surface area contributed by atoms with Gasteiger partial charge in [0, 0.05) is 12.1 Å². The molecule has 6 nitrogen and oxygen atoms in total. The Balaban J connectivity index is 1.59. The van der Waals surface area contributed by atoms with Gasteiger partial charge in [0.05, 0.1) is 21.3 Å². The fraction of sp³-hybridized carbons (Fsp3) is 0.208. The van der Waals surface area contributed by atoms with E-state index in [0.29, 0.717) is 41.7 Å². The van der Waals surface area contributed by atoms with Crippen molar-refractivity contribution in [2.45, 2.75) is 13.2 Å². The Hall–Kier alpha value is -3.67. The minimum atomic E-state index is -0.182. The lowest BCUT2D eigenvalue weighted by atomic mass is 10.1. The third kappa shape index (κ3) is 5.23. The first kappa shape index (κ1) is 21.0. The number of methoxy groups -OCH3 is 3. The van der Waals surface area contributed by atoms with Gasteiger partial charge in [0.25, 0.3) is 5.91 Å². The average molecular weight is 407 g/mol. The van der Waals surface area contributed by atoms with Gasteiger partial charge in [-0.05, 0) is 47.5 Å². The number of carbonyl (C=O) groups excluding carboxylic acids is 1. The molecule has 0 atom stereocenters. The molecule has 1 amide bonds. The molecule has 0 aromatic heterocycles. The van der Waals surface area contributed by atoms with Gasteiger partial charge in [-0.15, -0.1) is 0 Å². The quantitative estimate of drug-likeness (QED) is 0.575. The molecule has 0 spiro atoms. The van der Waals surface area contributed by atoms with Crippen LogP contribution in [0.5, 0.6) is 23.0 Å². The van der Waals surface area contributed by atoms with E-state index in [1.54, 1.807) is 45.6 Å². The lowest BCUT2D eigenvalue weighted by Gasteiger charge is -2.14. The fourth-order valence-electron chi connectivity index (χ4n) is 2.97. The highest BCUT2D eigenvalue weighted by molar-refractivity contribution is 5.94. The van der Waals surface area contributed by atoms with E-state index in [9.17, 15) is 4.79 Å². The number of ether oxygens (including phenoxy) is 4. The lowest BCUT2D eigenvalue weighted by molar-refractivity contribution is 0.0950. The first-order valence-electron chi connectivity index (χ1n) is 9.48. The van der Waals surface area contributed by atoms with Crippen LogP contribution in [-0.4, -0.2) is 27.2 Å². The first-order chi connectivity index (χ1) is 14.6. The van der Waals surface area contributed by atoms with Crippen LogP contribution in [0.4, 0.5) is 0 Å². The molecule has 0 heterocycles. The topological polar surface area (TPSA) is 66.0 Å². The van der Waals surface area contributed by atoms with Crippen molar-refractivity contribution in [2.24, 2.45) is 0 Å². The molecule has 3 aromatic rings. The van der Waals surface area contributed by atoms with Crippen molar-refractivity contribution in [3.8, 4) is 23.0 Å².